The second kappa shape index (κ2) is 6.02. The van der Waals surface area contributed by atoms with Crippen LogP contribution in [0.25, 0.3) is 16.5 Å². The lowest BCUT2D eigenvalue weighted by molar-refractivity contribution is 0.597. The highest BCUT2D eigenvalue weighted by atomic mass is 35.5. The van der Waals surface area contributed by atoms with Crippen LogP contribution in [0.2, 0.25) is 5.02 Å². The Morgan fingerprint density at radius 1 is 0.920 bits per heavy atom. The molecule has 0 spiro atoms. The van der Waals surface area contributed by atoms with Gasteiger partial charge in [-0.2, -0.15) is 0 Å². The molecular formula is C19H13ClN2O2S. The zero-order chi connectivity index (χ0) is 17.4. The predicted octanol–water partition coefficient (Wildman–Crippen LogP) is 4.51. The summed E-state index contributed by atoms with van der Waals surface area (Å²) in [7, 11) is -3.75. The van der Waals surface area contributed by atoms with Crippen LogP contribution in [-0.2, 0) is 9.84 Å². The van der Waals surface area contributed by atoms with Gasteiger partial charge in [0.15, 0.2) is 0 Å². The van der Waals surface area contributed by atoms with E-state index in [4.69, 9.17) is 11.6 Å². The van der Waals surface area contributed by atoms with E-state index in [1.54, 1.807) is 48.8 Å². The SMILES string of the molecule is O=S(=O)(c1ccc(-n2cccc2)cc1Cl)c1cccc2cnccc12. The summed E-state index contributed by atoms with van der Waals surface area (Å²) in [4.78, 5) is 4.36. The van der Waals surface area contributed by atoms with Gasteiger partial charge in [0.1, 0.15) is 0 Å². The Hall–Kier alpha value is -2.63. The maximum absolute atomic E-state index is 13.2. The second-order valence-electron chi connectivity index (χ2n) is 5.56. The zero-order valence-electron chi connectivity index (χ0n) is 13.0. The third kappa shape index (κ3) is 2.71. The molecule has 0 bridgehead atoms. The van der Waals surface area contributed by atoms with Gasteiger partial charge in [0.2, 0.25) is 9.84 Å². The third-order valence-electron chi connectivity index (χ3n) is 4.04. The molecule has 25 heavy (non-hydrogen) atoms. The molecule has 6 heteroatoms. The topological polar surface area (TPSA) is 52.0 Å². The molecule has 0 aliphatic heterocycles. The van der Waals surface area contributed by atoms with Gasteiger partial charge in [-0.25, -0.2) is 8.42 Å². The van der Waals surface area contributed by atoms with Gasteiger partial charge in [-0.3, -0.25) is 4.98 Å². The van der Waals surface area contributed by atoms with E-state index in [0.29, 0.717) is 5.39 Å². The highest BCUT2D eigenvalue weighted by Crippen LogP contribution is 2.32. The van der Waals surface area contributed by atoms with Gasteiger partial charge >= 0.3 is 0 Å². The maximum Gasteiger partial charge on any atom is 0.208 e. The number of sulfone groups is 1. The van der Waals surface area contributed by atoms with Gasteiger partial charge in [0.25, 0.3) is 0 Å². The van der Waals surface area contributed by atoms with Crippen LogP contribution in [0, 0.1) is 0 Å². The smallest absolute Gasteiger partial charge is 0.208 e. The number of hydrogen-bond donors (Lipinski definition) is 0. The van der Waals surface area contributed by atoms with Crippen LogP contribution in [0.3, 0.4) is 0 Å². The van der Waals surface area contributed by atoms with Crippen LogP contribution < -0.4 is 0 Å². The highest BCUT2D eigenvalue weighted by Gasteiger charge is 2.23. The van der Waals surface area contributed by atoms with Crippen LogP contribution in [0.15, 0.2) is 89.2 Å². The first-order chi connectivity index (χ1) is 12.1. The van der Waals surface area contributed by atoms with Crippen molar-refractivity contribution in [1.82, 2.24) is 9.55 Å². The molecule has 0 fully saturated rings. The fourth-order valence-corrected chi connectivity index (χ4v) is 4.83. The van der Waals surface area contributed by atoms with E-state index in [0.717, 1.165) is 11.1 Å². The number of hydrogen-bond acceptors (Lipinski definition) is 3. The highest BCUT2D eigenvalue weighted by molar-refractivity contribution is 7.91. The van der Waals surface area contributed by atoms with Crippen LogP contribution >= 0.6 is 11.6 Å². The standard InChI is InChI=1S/C19H13ClN2O2S/c20-17-12-15(22-10-1-2-11-22)6-7-19(17)25(23,24)18-5-3-4-14-13-21-9-8-16(14)18/h1-13H. The van der Waals surface area contributed by atoms with Crippen molar-refractivity contribution in [1.29, 1.82) is 0 Å². The van der Waals surface area contributed by atoms with Crippen molar-refractivity contribution in [2.45, 2.75) is 9.79 Å². The predicted molar refractivity (Wildman–Crippen MR) is 98.0 cm³/mol. The second-order valence-corrected chi connectivity index (χ2v) is 7.86. The average molecular weight is 369 g/mol. The van der Waals surface area contributed by atoms with Crippen molar-refractivity contribution >= 4 is 32.2 Å². The molecule has 124 valence electrons. The Bertz CT molecular complexity index is 1160. The minimum absolute atomic E-state index is 0.0920. The first-order valence-electron chi connectivity index (χ1n) is 7.58. The molecule has 0 radical (unpaired) electrons. The number of aromatic nitrogens is 2. The first kappa shape index (κ1) is 15.9. The molecule has 4 rings (SSSR count). The summed E-state index contributed by atoms with van der Waals surface area (Å²) in [6.07, 6.45) is 6.97. The molecule has 4 aromatic rings. The number of fused-ring (bicyclic) bond motifs is 1. The van der Waals surface area contributed by atoms with Crippen molar-refractivity contribution in [3.05, 3.63) is 84.4 Å². The molecule has 0 aliphatic carbocycles. The van der Waals surface area contributed by atoms with Crippen molar-refractivity contribution < 1.29 is 8.42 Å². The van der Waals surface area contributed by atoms with Crippen LogP contribution in [0.4, 0.5) is 0 Å². The van der Waals surface area contributed by atoms with E-state index in [1.165, 1.54) is 0 Å². The number of halogens is 1. The van der Waals surface area contributed by atoms with Gasteiger partial charge in [-0.1, -0.05) is 23.7 Å². The lowest BCUT2D eigenvalue weighted by Crippen LogP contribution is -2.04. The average Bonchev–Trinajstić information content (AvgIpc) is 3.15. The van der Waals surface area contributed by atoms with Crippen LogP contribution in [0.5, 0.6) is 0 Å². The monoisotopic (exact) mass is 368 g/mol. The molecule has 0 unspecified atom stereocenters. The molecule has 0 amide bonds. The van der Waals surface area contributed by atoms with Crippen molar-refractivity contribution in [3.8, 4) is 5.69 Å². The summed E-state index contributed by atoms with van der Waals surface area (Å²) in [5, 5.41) is 1.59. The number of benzene rings is 2. The Balaban J connectivity index is 1.88. The molecule has 4 nitrogen and oxygen atoms in total. The Labute approximate surface area is 150 Å². The lowest BCUT2D eigenvalue weighted by Gasteiger charge is -2.11. The Morgan fingerprint density at radius 2 is 1.72 bits per heavy atom. The molecule has 0 aliphatic rings. The van der Waals surface area contributed by atoms with Gasteiger partial charge < -0.3 is 4.57 Å². The normalized spacial score (nSPS) is 11.7. The molecule has 0 saturated carbocycles. The van der Waals surface area contributed by atoms with Gasteiger partial charge in [-0.05, 0) is 42.5 Å². The molecule has 2 heterocycles. The summed E-state index contributed by atoms with van der Waals surface area (Å²) in [6, 6.07) is 15.6. The fourth-order valence-electron chi connectivity index (χ4n) is 2.82. The van der Waals surface area contributed by atoms with Crippen LogP contribution in [-0.4, -0.2) is 18.0 Å². The minimum atomic E-state index is -3.75. The van der Waals surface area contributed by atoms with E-state index in [1.807, 2.05) is 35.2 Å². The summed E-state index contributed by atoms with van der Waals surface area (Å²) < 4.78 is 28.2. The number of nitrogens with zero attached hydrogens (tertiary/aromatic N) is 2. The maximum atomic E-state index is 13.2. The fraction of sp³-hybridized carbons (Fsp3) is 0. The van der Waals surface area contributed by atoms with E-state index in [2.05, 4.69) is 4.98 Å². The van der Waals surface area contributed by atoms with E-state index in [9.17, 15) is 8.42 Å². The number of rotatable bonds is 3. The van der Waals surface area contributed by atoms with Crippen molar-refractivity contribution in [2.75, 3.05) is 0 Å². The molecule has 0 saturated heterocycles. The molecular weight excluding hydrogens is 356 g/mol. The third-order valence-corrected chi connectivity index (χ3v) is 6.33. The van der Waals surface area contributed by atoms with E-state index in [-0.39, 0.29) is 14.8 Å². The first-order valence-corrected chi connectivity index (χ1v) is 9.44. The van der Waals surface area contributed by atoms with E-state index >= 15 is 0 Å². The Morgan fingerprint density at radius 3 is 2.48 bits per heavy atom. The molecule has 0 atom stereocenters. The van der Waals surface area contributed by atoms with Crippen LogP contribution in [0.1, 0.15) is 0 Å². The summed E-state index contributed by atoms with van der Waals surface area (Å²) in [5.41, 5.74) is 0.802. The van der Waals surface area contributed by atoms with Gasteiger partial charge in [0.05, 0.1) is 14.8 Å². The summed E-state index contributed by atoms with van der Waals surface area (Å²) in [5.74, 6) is 0. The van der Waals surface area contributed by atoms with Gasteiger partial charge in [0, 0.05) is 41.2 Å². The lowest BCUT2D eigenvalue weighted by atomic mass is 10.2. The minimum Gasteiger partial charge on any atom is -0.324 e. The van der Waals surface area contributed by atoms with Crippen molar-refractivity contribution in [2.24, 2.45) is 0 Å². The molecule has 0 N–H and O–H groups in total. The molecule has 2 aromatic carbocycles. The summed E-state index contributed by atoms with van der Waals surface area (Å²) in [6.45, 7) is 0. The molecule has 2 aromatic heterocycles. The van der Waals surface area contributed by atoms with E-state index < -0.39 is 9.84 Å². The number of pyridine rings is 1. The largest absolute Gasteiger partial charge is 0.324 e. The quantitative estimate of drug-likeness (QED) is 0.534. The summed E-state index contributed by atoms with van der Waals surface area (Å²) >= 11 is 6.33. The zero-order valence-corrected chi connectivity index (χ0v) is 14.6. The van der Waals surface area contributed by atoms with Gasteiger partial charge in [-0.15, -0.1) is 0 Å². The van der Waals surface area contributed by atoms with Crippen molar-refractivity contribution in [3.63, 3.8) is 0 Å². The Kier molecular flexibility index (Phi) is 3.82.